The van der Waals surface area contributed by atoms with Crippen LogP contribution in [0.4, 0.5) is 19.1 Å². The Labute approximate surface area is 199 Å². The number of hydrogen-bond acceptors (Lipinski definition) is 8. The molecule has 2 aromatic heterocycles. The summed E-state index contributed by atoms with van der Waals surface area (Å²) in [5, 5.41) is 0. The van der Waals surface area contributed by atoms with Gasteiger partial charge in [0, 0.05) is 25.5 Å². The molecule has 0 saturated heterocycles. The number of esters is 1. The summed E-state index contributed by atoms with van der Waals surface area (Å²) in [6.07, 6.45) is -2.47. The third kappa shape index (κ3) is 4.32. The van der Waals surface area contributed by atoms with Gasteiger partial charge in [0.2, 0.25) is 5.95 Å². The van der Waals surface area contributed by atoms with Crippen molar-refractivity contribution in [2.45, 2.75) is 44.4 Å². The van der Waals surface area contributed by atoms with Gasteiger partial charge in [-0.05, 0) is 30.5 Å². The minimum Gasteiger partial charge on any atom is -0.465 e. The SMILES string of the molecule is COC(=O)c1cc2nc3n(c2cc1S(C)(=O)=O)CCN(c1ncc(C)c(C(F)(F)F)n1)C3C(C)C. The molecule has 3 heterocycles. The van der Waals surface area contributed by atoms with Crippen molar-refractivity contribution in [3.05, 3.63) is 41.0 Å². The highest BCUT2D eigenvalue weighted by Gasteiger charge is 2.39. The van der Waals surface area contributed by atoms with Crippen LogP contribution in [-0.4, -0.2) is 53.8 Å². The molecule has 0 N–H and O–H groups in total. The molecule has 1 atom stereocenters. The molecule has 0 saturated carbocycles. The maximum atomic E-state index is 13.5. The van der Waals surface area contributed by atoms with Crippen LogP contribution in [-0.2, 0) is 27.3 Å². The normalized spacial score (nSPS) is 16.6. The summed E-state index contributed by atoms with van der Waals surface area (Å²) in [7, 11) is -2.62. The van der Waals surface area contributed by atoms with Gasteiger partial charge in [0.25, 0.3) is 0 Å². The summed E-state index contributed by atoms with van der Waals surface area (Å²) < 4.78 is 71.8. The van der Waals surface area contributed by atoms with Crippen LogP contribution in [0.2, 0.25) is 0 Å². The number of ether oxygens (including phenoxy) is 1. The Kier molecular flexibility index (Phi) is 6.02. The van der Waals surface area contributed by atoms with Crippen molar-refractivity contribution in [3.63, 3.8) is 0 Å². The summed E-state index contributed by atoms with van der Waals surface area (Å²) in [5.74, 6) is -0.472. The number of aryl methyl sites for hydroxylation is 1. The molecule has 1 aromatic carbocycles. The molecule has 0 fully saturated rings. The van der Waals surface area contributed by atoms with E-state index in [4.69, 9.17) is 4.74 Å². The van der Waals surface area contributed by atoms with Crippen molar-refractivity contribution in [2.24, 2.45) is 5.92 Å². The Hall–Kier alpha value is -3.22. The van der Waals surface area contributed by atoms with Crippen LogP contribution >= 0.6 is 0 Å². The number of anilines is 1. The van der Waals surface area contributed by atoms with Gasteiger partial charge in [-0.3, -0.25) is 0 Å². The summed E-state index contributed by atoms with van der Waals surface area (Å²) in [5.41, 5.74) is -0.326. The van der Waals surface area contributed by atoms with Crippen LogP contribution in [0.5, 0.6) is 0 Å². The van der Waals surface area contributed by atoms with Gasteiger partial charge in [0.15, 0.2) is 15.5 Å². The molecule has 3 aromatic rings. The Bertz CT molecular complexity index is 1430. The second-order valence-electron chi connectivity index (χ2n) is 8.80. The molecular weight excluding hydrogens is 487 g/mol. The van der Waals surface area contributed by atoms with Crippen LogP contribution in [0.25, 0.3) is 11.0 Å². The molecule has 13 heteroatoms. The molecule has 1 aliphatic heterocycles. The number of imidazole rings is 1. The number of alkyl halides is 3. The van der Waals surface area contributed by atoms with Gasteiger partial charge in [-0.2, -0.15) is 13.2 Å². The fourth-order valence-electron chi connectivity index (χ4n) is 4.43. The number of carbonyl (C=O) groups is 1. The quantitative estimate of drug-likeness (QED) is 0.490. The summed E-state index contributed by atoms with van der Waals surface area (Å²) in [6.45, 7) is 5.67. The van der Waals surface area contributed by atoms with Crippen LogP contribution in [0.3, 0.4) is 0 Å². The molecule has 1 aliphatic rings. The highest BCUT2D eigenvalue weighted by atomic mass is 32.2. The lowest BCUT2D eigenvalue weighted by Crippen LogP contribution is -2.42. The Morgan fingerprint density at radius 1 is 1.20 bits per heavy atom. The number of carbonyl (C=O) groups excluding carboxylic acids is 1. The van der Waals surface area contributed by atoms with Gasteiger partial charge in [0.05, 0.1) is 34.6 Å². The van der Waals surface area contributed by atoms with E-state index >= 15 is 0 Å². The molecule has 0 bridgehead atoms. The van der Waals surface area contributed by atoms with E-state index in [-0.39, 0.29) is 34.4 Å². The van der Waals surface area contributed by atoms with Gasteiger partial charge in [-0.25, -0.2) is 28.2 Å². The first-order valence-electron chi connectivity index (χ1n) is 10.7. The zero-order valence-corrected chi connectivity index (χ0v) is 20.5. The monoisotopic (exact) mass is 511 g/mol. The van der Waals surface area contributed by atoms with Gasteiger partial charge in [0.1, 0.15) is 5.82 Å². The maximum absolute atomic E-state index is 13.5. The number of benzene rings is 1. The van der Waals surface area contributed by atoms with Gasteiger partial charge in [-0.1, -0.05) is 13.8 Å². The van der Waals surface area contributed by atoms with Gasteiger partial charge in [-0.15, -0.1) is 0 Å². The van der Waals surface area contributed by atoms with Crippen molar-refractivity contribution in [1.82, 2.24) is 19.5 Å². The molecule has 9 nitrogen and oxygen atoms in total. The molecule has 4 rings (SSSR count). The van der Waals surface area contributed by atoms with Crippen molar-refractivity contribution < 1.29 is 31.1 Å². The topological polar surface area (TPSA) is 107 Å². The molecule has 0 aliphatic carbocycles. The number of hydrogen-bond donors (Lipinski definition) is 0. The lowest BCUT2D eigenvalue weighted by Gasteiger charge is -2.38. The minimum atomic E-state index is -4.62. The van der Waals surface area contributed by atoms with Crippen LogP contribution in [0, 0.1) is 12.8 Å². The van der Waals surface area contributed by atoms with Crippen molar-refractivity contribution in [3.8, 4) is 0 Å². The lowest BCUT2D eigenvalue weighted by atomic mass is 10.00. The Morgan fingerprint density at radius 2 is 1.89 bits per heavy atom. The first-order valence-corrected chi connectivity index (χ1v) is 12.6. The zero-order valence-electron chi connectivity index (χ0n) is 19.7. The second kappa shape index (κ2) is 8.47. The summed E-state index contributed by atoms with van der Waals surface area (Å²) in [4.78, 5) is 26.4. The maximum Gasteiger partial charge on any atom is 0.433 e. The molecule has 188 valence electrons. The van der Waals surface area contributed by atoms with E-state index in [2.05, 4.69) is 15.0 Å². The zero-order chi connectivity index (χ0) is 25.9. The van der Waals surface area contributed by atoms with Gasteiger partial charge >= 0.3 is 12.1 Å². The van der Waals surface area contributed by atoms with Crippen molar-refractivity contribution >= 4 is 32.8 Å². The number of fused-ring (bicyclic) bond motifs is 3. The second-order valence-corrected chi connectivity index (χ2v) is 10.8. The highest BCUT2D eigenvalue weighted by molar-refractivity contribution is 7.90. The summed E-state index contributed by atoms with van der Waals surface area (Å²) in [6, 6.07) is 2.27. The number of methoxy groups -OCH3 is 1. The fraction of sp³-hybridized carbons (Fsp3) is 0.455. The molecular formula is C22H24F3N5O4S. The van der Waals surface area contributed by atoms with E-state index in [1.807, 2.05) is 18.4 Å². The molecule has 1 unspecified atom stereocenters. The Balaban J connectivity index is 1.90. The molecule has 0 amide bonds. The number of rotatable bonds is 4. The standard InChI is InChI=1S/C22H24F3N5O4S/c1-11(2)17-19-27-14-8-13(20(31)34-4)16(35(5,32)33)9-15(14)29(19)6-7-30(17)21-26-10-12(3)18(28-21)22(23,24)25/h8-11,17H,6-7H2,1-5H3. The first-order chi connectivity index (χ1) is 16.2. The molecule has 0 spiro atoms. The average molecular weight is 512 g/mol. The number of aromatic nitrogens is 4. The fourth-order valence-corrected chi connectivity index (χ4v) is 5.30. The van der Waals surface area contributed by atoms with Crippen molar-refractivity contribution in [2.75, 3.05) is 24.8 Å². The van der Waals surface area contributed by atoms with E-state index in [1.165, 1.54) is 19.1 Å². The molecule has 0 radical (unpaired) electrons. The summed E-state index contributed by atoms with van der Waals surface area (Å²) >= 11 is 0. The Morgan fingerprint density at radius 3 is 2.46 bits per heavy atom. The number of nitrogens with zero attached hydrogens (tertiary/aromatic N) is 5. The largest absolute Gasteiger partial charge is 0.465 e. The predicted octanol–water partition coefficient (Wildman–Crippen LogP) is 3.56. The van der Waals surface area contributed by atoms with E-state index in [0.29, 0.717) is 23.4 Å². The van der Waals surface area contributed by atoms with Crippen LogP contribution in [0.15, 0.2) is 23.2 Å². The third-order valence-corrected chi connectivity index (χ3v) is 7.10. The van der Waals surface area contributed by atoms with Crippen molar-refractivity contribution in [1.29, 1.82) is 0 Å². The number of halogens is 3. The first kappa shape index (κ1) is 24.9. The van der Waals surface area contributed by atoms with Crippen LogP contribution in [0.1, 0.15) is 47.3 Å². The van der Waals surface area contributed by atoms with E-state index in [1.54, 1.807) is 4.90 Å². The van der Waals surface area contributed by atoms with Gasteiger partial charge < -0.3 is 14.2 Å². The van der Waals surface area contributed by atoms with E-state index in [9.17, 15) is 26.4 Å². The minimum absolute atomic E-state index is 0.0630. The average Bonchev–Trinajstić information content (AvgIpc) is 3.13. The lowest BCUT2D eigenvalue weighted by molar-refractivity contribution is -0.141. The van der Waals surface area contributed by atoms with Crippen LogP contribution < -0.4 is 4.90 Å². The molecule has 35 heavy (non-hydrogen) atoms. The van der Waals surface area contributed by atoms with E-state index < -0.39 is 33.7 Å². The van der Waals surface area contributed by atoms with E-state index in [0.717, 1.165) is 19.6 Å². The highest BCUT2D eigenvalue weighted by Crippen LogP contribution is 2.38. The predicted molar refractivity (Wildman–Crippen MR) is 121 cm³/mol. The number of sulfone groups is 1. The third-order valence-electron chi connectivity index (χ3n) is 5.96. The smallest absolute Gasteiger partial charge is 0.433 e.